The van der Waals surface area contributed by atoms with Crippen LogP contribution < -0.4 is 20.1 Å². The Hall–Kier alpha value is -2.05. The topological polar surface area (TPSA) is 59.6 Å². The monoisotopic (exact) mass is 390 g/mol. The van der Waals surface area contributed by atoms with Gasteiger partial charge in [0.1, 0.15) is 0 Å². The van der Waals surface area contributed by atoms with Crippen molar-refractivity contribution in [2.24, 2.45) is 0 Å². The summed E-state index contributed by atoms with van der Waals surface area (Å²) < 4.78 is 11.6. The zero-order valence-corrected chi connectivity index (χ0v) is 15.1. The van der Waals surface area contributed by atoms with E-state index in [1.807, 2.05) is 38.1 Å². The maximum atomic E-state index is 12.4. The zero-order valence-electron chi connectivity index (χ0n) is 13.5. The van der Waals surface area contributed by atoms with Crippen LogP contribution >= 0.6 is 15.9 Å². The Kier molecular flexibility index (Phi) is 5.06. The van der Waals surface area contributed by atoms with Crippen LogP contribution in [0.3, 0.4) is 0 Å². The molecule has 0 radical (unpaired) electrons. The quantitative estimate of drug-likeness (QED) is 0.813. The standard InChI is InChI=1S/C18H19BrN2O3/c1-11(14-5-3-4-6-15(14)19)20-12(2)18(22)21-13-7-8-16-17(9-13)24-10-23-16/h3-9,11-12,20H,10H2,1-2H3,(H,21,22). The molecule has 0 aromatic heterocycles. The van der Waals surface area contributed by atoms with Crippen LogP contribution in [0.5, 0.6) is 11.5 Å². The van der Waals surface area contributed by atoms with Gasteiger partial charge < -0.3 is 14.8 Å². The smallest absolute Gasteiger partial charge is 0.241 e. The predicted octanol–water partition coefficient (Wildman–Crippen LogP) is 3.86. The second-order valence-corrected chi connectivity index (χ2v) is 6.54. The van der Waals surface area contributed by atoms with Gasteiger partial charge in [-0.25, -0.2) is 0 Å². The first kappa shape index (κ1) is 16.8. The summed E-state index contributed by atoms with van der Waals surface area (Å²) in [5.41, 5.74) is 1.80. The van der Waals surface area contributed by atoms with Crippen molar-refractivity contribution in [2.75, 3.05) is 12.1 Å². The molecule has 0 fully saturated rings. The molecular weight excluding hydrogens is 372 g/mol. The normalized spacial score (nSPS) is 15.0. The van der Waals surface area contributed by atoms with Crippen molar-refractivity contribution in [3.63, 3.8) is 0 Å². The summed E-state index contributed by atoms with van der Waals surface area (Å²) in [6, 6.07) is 13.0. The number of carbonyl (C=O) groups excluding carboxylic acids is 1. The molecule has 0 saturated heterocycles. The second kappa shape index (κ2) is 7.23. The minimum atomic E-state index is -0.350. The van der Waals surface area contributed by atoms with Gasteiger partial charge in [0.25, 0.3) is 0 Å². The Labute approximate surface area is 149 Å². The number of anilines is 1. The van der Waals surface area contributed by atoms with Crippen LogP contribution in [0.2, 0.25) is 0 Å². The summed E-state index contributed by atoms with van der Waals surface area (Å²) in [4.78, 5) is 12.4. The largest absolute Gasteiger partial charge is 0.454 e. The molecular formula is C18H19BrN2O3. The fraction of sp³-hybridized carbons (Fsp3) is 0.278. The SMILES string of the molecule is CC(NC(C)c1ccccc1Br)C(=O)Nc1ccc2c(c1)OCO2. The highest BCUT2D eigenvalue weighted by molar-refractivity contribution is 9.10. The van der Waals surface area contributed by atoms with Crippen molar-refractivity contribution in [1.29, 1.82) is 0 Å². The van der Waals surface area contributed by atoms with Crippen LogP contribution in [-0.4, -0.2) is 18.7 Å². The number of nitrogens with one attached hydrogen (secondary N) is 2. The molecule has 0 saturated carbocycles. The number of benzene rings is 2. The van der Waals surface area contributed by atoms with E-state index in [0.29, 0.717) is 17.2 Å². The van der Waals surface area contributed by atoms with Gasteiger partial charge in [-0.05, 0) is 37.6 Å². The lowest BCUT2D eigenvalue weighted by atomic mass is 10.1. The van der Waals surface area contributed by atoms with Gasteiger partial charge in [0.15, 0.2) is 11.5 Å². The van der Waals surface area contributed by atoms with Crippen molar-refractivity contribution < 1.29 is 14.3 Å². The van der Waals surface area contributed by atoms with E-state index in [2.05, 4.69) is 26.6 Å². The lowest BCUT2D eigenvalue weighted by molar-refractivity contribution is -0.117. The highest BCUT2D eigenvalue weighted by Gasteiger charge is 2.19. The summed E-state index contributed by atoms with van der Waals surface area (Å²) in [6.45, 7) is 4.09. The van der Waals surface area contributed by atoms with Crippen molar-refractivity contribution in [2.45, 2.75) is 25.9 Å². The maximum Gasteiger partial charge on any atom is 0.241 e. The molecule has 0 aliphatic carbocycles. The van der Waals surface area contributed by atoms with E-state index in [4.69, 9.17) is 9.47 Å². The Morgan fingerprint density at radius 3 is 2.67 bits per heavy atom. The first-order chi connectivity index (χ1) is 11.5. The molecule has 5 nitrogen and oxygen atoms in total. The van der Waals surface area contributed by atoms with E-state index in [1.165, 1.54) is 0 Å². The fourth-order valence-corrected chi connectivity index (χ4v) is 3.22. The van der Waals surface area contributed by atoms with Crippen LogP contribution in [0, 0.1) is 0 Å². The van der Waals surface area contributed by atoms with E-state index >= 15 is 0 Å². The fourth-order valence-electron chi connectivity index (χ4n) is 2.59. The molecule has 1 heterocycles. The number of ether oxygens (including phenoxy) is 2. The molecule has 2 N–H and O–H groups in total. The molecule has 126 valence electrons. The van der Waals surface area contributed by atoms with E-state index in [0.717, 1.165) is 10.0 Å². The number of carbonyl (C=O) groups is 1. The third-order valence-corrected chi connectivity index (χ3v) is 4.63. The zero-order chi connectivity index (χ0) is 17.1. The third-order valence-electron chi connectivity index (χ3n) is 3.91. The minimum Gasteiger partial charge on any atom is -0.454 e. The molecule has 6 heteroatoms. The van der Waals surface area contributed by atoms with Crippen molar-refractivity contribution in [1.82, 2.24) is 5.32 Å². The van der Waals surface area contributed by atoms with Crippen molar-refractivity contribution >= 4 is 27.5 Å². The van der Waals surface area contributed by atoms with Gasteiger partial charge in [-0.2, -0.15) is 0 Å². The highest BCUT2D eigenvalue weighted by atomic mass is 79.9. The lowest BCUT2D eigenvalue weighted by Crippen LogP contribution is -2.39. The van der Waals surface area contributed by atoms with Gasteiger partial charge in [-0.1, -0.05) is 34.1 Å². The Morgan fingerprint density at radius 1 is 1.12 bits per heavy atom. The van der Waals surface area contributed by atoms with Gasteiger partial charge in [0.2, 0.25) is 12.7 Å². The van der Waals surface area contributed by atoms with Gasteiger partial charge in [-0.3, -0.25) is 10.1 Å². The number of halogens is 1. The molecule has 2 atom stereocenters. The summed E-state index contributed by atoms with van der Waals surface area (Å²) in [5, 5.41) is 6.21. The molecule has 24 heavy (non-hydrogen) atoms. The van der Waals surface area contributed by atoms with Crippen LogP contribution in [0.25, 0.3) is 0 Å². The maximum absolute atomic E-state index is 12.4. The van der Waals surface area contributed by atoms with E-state index in [-0.39, 0.29) is 24.8 Å². The Morgan fingerprint density at radius 2 is 1.88 bits per heavy atom. The van der Waals surface area contributed by atoms with Crippen molar-refractivity contribution in [3.05, 3.63) is 52.5 Å². The molecule has 2 aromatic rings. The molecule has 2 unspecified atom stereocenters. The first-order valence-corrected chi connectivity index (χ1v) is 8.55. The number of fused-ring (bicyclic) bond motifs is 1. The van der Waals surface area contributed by atoms with Crippen LogP contribution in [0.4, 0.5) is 5.69 Å². The summed E-state index contributed by atoms with van der Waals surface area (Å²) in [5.74, 6) is 1.24. The van der Waals surface area contributed by atoms with Gasteiger partial charge in [0, 0.05) is 22.3 Å². The van der Waals surface area contributed by atoms with Crippen molar-refractivity contribution in [3.8, 4) is 11.5 Å². The summed E-state index contributed by atoms with van der Waals surface area (Å²) in [6.07, 6.45) is 0. The molecule has 1 amide bonds. The van der Waals surface area contributed by atoms with Gasteiger partial charge >= 0.3 is 0 Å². The molecule has 0 spiro atoms. The summed E-state index contributed by atoms with van der Waals surface area (Å²) in [7, 11) is 0. The average Bonchev–Trinajstić information content (AvgIpc) is 3.02. The minimum absolute atomic E-state index is 0.0399. The van der Waals surface area contributed by atoms with Crippen LogP contribution in [0.15, 0.2) is 46.9 Å². The molecule has 1 aliphatic rings. The summed E-state index contributed by atoms with van der Waals surface area (Å²) >= 11 is 3.54. The lowest BCUT2D eigenvalue weighted by Gasteiger charge is -2.21. The highest BCUT2D eigenvalue weighted by Crippen LogP contribution is 2.34. The Bertz CT molecular complexity index is 751. The number of rotatable bonds is 5. The second-order valence-electron chi connectivity index (χ2n) is 5.69. The van der Waals surface area contributed by atoms with Gasteiger partial charge in [-0.15, -0.1) is 0 Å². The molecule has 3 rings (SSSR count). The van der Waals surface area contributed by atoms with Gasteiger partial charge in [0.05, 0.1) is 6.04 Å². The van der Waals surface area contributed by atoms with E-state index < -0.39 is 0 Å². The number of hydrogen-bond donors (Lipinski definition) is 2. The van der Waals surface area contributed by atoms with E-state index in [9.17, 15) is 4.79 Å². The predicted molar refractivity (Wildman–Crippen MR) is 96.3 cm³/mol. The van der Waals surface area contributed by atoms with Crippen LogP contribution in [-0.2, 0) is 4.79 Å². The average molecular weight is 391 g/mol. The number of hydrogen-bond acceptors (Lipinski definition) is 4. The molecule has 2 aromatic carbocycles. The van der Waals surface area contributed by atoms with E-state index in [1.54, 1.807) is 18.2 Å². The first-order valence-electron chi connectivity index (χ1n) is 7.75. The number of amides is 1. The Balaban J connectivity index is 1.61. The molecule has 1 aliphatic heterocycles. The third kappa shape index (κ3) is 3.71. The molecule has 0 bridgehead atoms. The van der Waals surface area contributed by atoms with Crippen LogP contribution in [0.1, 0.15) is 25.5 Å².